The van der Waals surface area contributed by atoms with Gasteiger partial charge in [-0.15, -0.1) is 0 Å². The lowest BCUT2D eigenvalue weighted by Gasteiger charge is -2.60. The van der Waals surface area contributed by atoms with Crippen molar-refractivity contribution < 1.29 is 9.90 Å². The largest absolute Gasteiger partial charge is 0.481 e. The minimum absolute atomic E-state index is 0.0738. The van der Waals surface area contributed by atoms with Gasteiger partial charge in [0.05, 0.1) is 5.92 Å². The Balaban J connectivity index is 1.63. The summed E-state index contributed by atoms with van der Waals surface area (Å²) < 4.78 is 0. The maximum atomic E-state index is 11.7. The van der Waals surface area contributed by atoms with Gasteiger partial charge < -0.3 is 5.11 Å². The molecule has 0 aromatic carbocycles. The van der Waals surface area contributed by atoms with Crippen LogP contribution >= 0.6 is 0 Å². The third-order valence-electron chi connectivity index (χ3n) is 8.88. The molecule has 4 fully saturated rings. The predicted octanol–water partition coefficient (Wildman–Crippen LogP) is 5.12. The van der Waals surface area contributed by atoms with Crippen molar-refractivity contribution >= 4 is 5.97 Å². The summed E-state index contributed by atoms with van der Waals surface area (Å²) >= 11 is 0. The molecule has 0 heterocycles. The molecule has 1 N–H and O–H groups in total. The summed E-state index contributed by atoms with van der Waals surface area (Å²) in [4.78, 5) is 11.7. The first-order chi connectivity index (χ1) is 10.5. The molecule has 124 valence electrons. The van der Waals surface area contributed by atoms with Crippen LogP contribution in [0.15, 0.2) is 0 Å². The first-order valence-corrected chi connectivity index (χ1v) is 9.69. The Morgan fingerprint density at radius 2 is 1.64 bits per heavy atom. The van der Waals surface area contributed by atoms with Gasteiger partial charge in [0.25, 0.3) is 0 Å². The molecule has 7 atom stereocenters. The molecule has 2 nitrogen and oxygen atoms in total. The smallest absolute Gasteiger partial charge is 0.307 e. The van der Waals surface area contributed by atoms with Gasteiger partial charge in [0.1, 0.15) is 0 Å². The average Bonchev–Trinajstić information content (AvgIpc) is 2.84. The highest BCUT2D eigenvalue weighted by Crippen LogP contribution is 2.67. The van der Waals surface area contributed by atoms with Crippen molar-refractivity contribution in [3.63, 3.8) is 0 Å². The number of hydrogen-bond acceptors (Lipinski definition) is 1. The van der Waals surface area contributed by atoms with Crippen LogP contribution in [0, 0.1) is 40.4 Å². The van der Waals surface area contributed by atoms with Crippen LogP contribution in [0.2, 0.25) is 0 Å². The molecule has 0 spiro atoms. The number of aliphatic carboxylic acids is 1. The summed E-state index contributed by atoms with van der Waals surface area (Å²) in [6.45, 7) is 4.91. The van der Waals surface area contributed by atoms with Gasteiger partial charge in [-0.2, -0.15) is 0 Å². The molecule has 0 radical (unpaired) electrons. The molecule has 0 saturated heterocycles. The van der Waals surface area contributed by atoms with E-state index in [1.54, 1.807) is 0 Å². The van der Waals surface area contributed by atoms with E-state index < -0.39 is 5.97 Å². The second-order valence-corrected chi connectivity index (χ2v) is 9.42. The van der Waals surface area contributed by atoms with Crippen LogP contribution < -0.4 is 0 Å². The molecular formula is C20H32O2. The number of hydrogen-bond donors (Lipinski definition) is 1. The quantitative estimate of drug-likeness (QED) is 0.730. The van der Waals surface area contributed by atoms with Gasteiger partial charge in [0.15, 0.2) is 0 Å². The molecule has 22 heavy (non-hydrogen) atoms. The van der Waals surface area contributed by atoms with Crippen molar-refractivity contribution in [2.24, 2.45) is 40.4 Å². The van der Waals surface area contributed by atoms with Gasteiger partial charge >= 0.3 is 5.97 Å². The Kier molecular flexibility index (Phi) is 3.40. The molecule has 0 aromatic heterocycles. The lowest BCUT2D eigenvalue weighted by atomic mass is 9.45. The summed E-state index contributed by atoms with van der Waals surface area (Å²) in [7, 11) is 0. The van der Waals surface area contributed by atoms with E-state index in [0.29, 0.717) is 11.3 Å². The zero-order chi connectivity index (χ0) is 15.5. The Labute approximate surface area is 135 Å². The van der Waals surface area contributed by atoms with E-state index in [0.717, 1.165) is 30.6 Å². The normalized spacial score (nSPS) is 54.2. The number of carboxylic acids is 1. The molecule has 4 rings (SSSR count). The van der Waals surface area contributed by atoms with Crippen molar-refractivity contribution in [1.82, 2.24) is 0 Å². The van der Waals surface area contributed by atoms with E-state index in [1.165, 1.54) is 51.4 Å². The van der Waals surface area contributed by atoms with Crippen LogP contribution in [0.1, 0.15) is 78.1 Å². The van der Waals surface area contributed by atoms with Crippen molar-refractivity contribution in [2.75, 3.05) is 0 Å². The van der Waals surface area contributed by atoms with Crippen molar-refractivity contribution in [3.8, 4) is 0 Å². The fraction of sp³-hybridized carbons (Fsp3) is 0.950. The van der Waals surface area contributed by atoms with Crippen LogP contribution in [0.25, 0.3) is 0 Å². The molecule has 4 unspecified atom stereocenters. The predicted molar refractivity (Wildman–Crippen MR) is 87.5 cm³/mol. The van der Waals surface area contributed by atoms with E-state index in [9.17, 15) is 9.90 Å². The molecule has 0 amide bonds. The first kappa shape index (κ1) is 15.0. The molecular weight excluding hydrogens is 272 g/mol. The maximum absolute atomic E-state index is 11.7. The van der Waals surface area contributed by atoms with Crippen molar-refractivity contribution in [2.45, 2.75) is 78.1 Å². The van der Waals surface area contributed by atoms with E-state index in [4.69, 9.17) is 0 Å². The Hall–Kier alpha value is -0.530. The second-order valence-electron chi connectivity index (χ2n) is 9.42. The van der Waals surface area contributed by atoms with Gasteiger partial charge in [-0.1, -0.05) is 26.7 Å². The monoisotopic (exact) mass is 304 g/mol. The van der Waals surface area contributed by atoms with Gasteiger partial charge in [-0.05, 0) is 85.9 Å². The van der Waals surface area contributed by atoms with E-state index >= 15 is 0 Å². The van der Waals surface area contributed by atoms with Gasteiger partial charge in [-0.3, -0.25) is 4.79 Å². The zero-order valence-electron chi connectivity index (χ0n) is 14.3. The van der Waals surface area contributed by atoms with E-state index in [1.807, 2.05) is 0 Å². The highest BCUT2D eigenvalue weighted by atomic mass is 16.4. The zero-order valence-corrected chi connectivity index (χ0v) is 14.3. The maximum Gasteiger partial charge on any atom is 0.307 e. The lowest BCUT2D eigenvalue weighted by Crippen LogP contribution is -2.53. The van der Waals surface area contributed by atoms with Crippen molar-refractivity contribution in [1.29, 1.82) is 0 Å². The fourth-order valence-corrected chi connectivity index (χ4v) is 7.70. The van der Waals surface area contributed by atoms with Gasteiger partial charge in [0.2, 0.25) is 0 Å². The Morgan fingerprint density at radius 1 is 0.864 bits per heavy atom. The highest BCUT2D eigenvalue weighted by molar-refractivity contribution is 5.71. The first-order valence-electron chi connectivity index (χ1n) is 9.69. The molecule has 4 aliphatic rings. The SMILES string of the molecule is C[C@]12CCCCC1CCC1C2CC[C@@]2(C)C1CC[C@@H]2C(=O)O. The summed E-state index contributed by atoms with van der Waals surface area (Å²) in [5.74, 6) is 2.76. The average molecular weight is 304 g/mol. The third-order valence-corrected chi connectivity index (χ3v) is 8.88. The van der Waals surface area contributed by atoms with Gasteiger partial charge in [-0.25, -0.2) is 0 Å². The van der Waals surface area contributed by atoms with Crippen LogP contribution in [0.3, 0.4) is 0 Å². The topological polar surface area (TPSA) is 37.3 Å². The number of carboxylic acid groups (broad SMARTS) is 1. The minimum atomic E-state index is -0.527. The Morgan fingerprint density at radius 3 is 2.41 bits per heavy atom. The molecule has 0 aliphatic heterocycles. The van der Waals surface area contributed by atoms with E-state index in [2.05, 4.69) is 13.8 Å². The lowest BCUT2D eigenvalue weighted by molar-refractivity contribution is -0.152. The summed E-state index contributed by atoms with van der Waals surface area (Å²) in [6.07, 6.45) is 13.1. The Bertz CT molecular complexity index is 472. The number of fused-ring (bicyclic) bond motifs is 5. The number of carbonyl (C=O) groups is 1. The molecule has 2 heteroatoms. The molecule has 0 bridgehead atoms. The molecule has 0 aromatic rings. The van der Waals surface area contributed by atoms with Crippen molar-refractivity contribution in [3.05, 3.63) is 0 Å². The third kappa shape index (κ3) is 1.88. The van der Waals surface area contributed by atoms with Crippen LogP contribution in [-0.2, 0) is 4.79 Å². The summed E-state index contributed by atoms with van der Waals surface area (Å²) in [5.41, 5.74) is 0.661. The standard InChI is InChI=1S/C20H32O2/c1-19-11-4-3-5-13(19)6-7-14-15-8-9-17(18(21)22)20(15,2)12-10-16(14)19/h13-17H,3-12H2,1-2H3,(H,21,22)/t13?,14?,15?,16?,17-,19+,20+/m1/s1. The number of rotatable bonds is 1. The minimum Gasteiger partial charge on any atom is -0.481 e. The van der Waals surface area contributed by atoms with Crippen LogP contribution in [-0.4, -0.2) is 11.1 Å². The molecule has 4 saturated carbocycles. The summed E-state index contributed by atoms with van der Waals surface area (Å²) in [6, 6.07) is 0. The summed E-state index contributed by atoms with van der Waals surface area (Å²) in [5, 5.41) is 9.65. The second kappa shape index (κ2) is 4.98. The van der Waals surface area contributed by atoms with Gasteiger partial charge in [0, 0.05) is 0 Å². The van der Waals surface area contributed by atoms with Crippen LogP contribution in [0.5, 0.6) is 0 Å². The van der Waals surface area contributed by atoms with E-state index in [-0.39, 0.29) is 11.3 Å². The molecule has 4 aliphatic carbocycles. The fourth-order valence-electron chi connectivity index (χ4n) is 7.70. The highest BCUT2D eigenvalue weighted by Gasteiger charge is 2.60. The van der Waals surface area contributed by atoms with Crippen LogP contribution in [0.4, 0.5) is 0 Å².